The zero-order valence-corrected chi connectivity index (χ0v) is 17.1. The van der Waals surface area contributed by atoms with Crippen molar-refractivity contribution in [3.8, 4) is 0 Å². The van der Waals surface area contributed by atoms with Gasteiger partial charge in [0.25, 0.3) is 0 Å². The van der Waals surface area contributed by atoms with Crippen LogP contribution in [0.25, 0.3) is 10.9 Å². The second-order valence-electron chi connectivity index (χ2n) is 6.80. The fraction of sp³-hybridized carbons (Fsp3) is 0.250. The van der Waals surface area contributed by atoms with Crippen molar-refractivity contribution >= 4 is 57.4 Å². The van der Waals surface area contributed by atoms with Gasteiger partial charge in [0.2, 0.25) is 0 Å². The number of anilines is 1. The molecule has 0 aliphatic carbocycles. The highest BCUT2D eigenvalue weighted by atomic mass is 35.5. The van der Waals surface area contributed by atoms with E-state index in [0.717, 1.165) is 22.2 Å². The summed E-state index contributed by atoms with van der Waals surface area (Å²) in [5, 5.41) is 12.5. The lowest BCUT2D eigenvalue weighted by Gasteiger charge is -2.38. The normalized spacial score (nSPS) is 16.5. The molecule has 146 valence electrons. The summed E-state index contributed by atoms with van der Waals surface area (Å²) >= 11 is 18.2. The van der Waals surface area contributed by atoms with E-state index in [2.05, 4.69) is 9.88 Å². The molecule has 3 aromatic rings. The number of nitrogens with zero attached hydrogens (tertiary/aromatic N) is 2. The third-order valence-electron chi connectivity index (χ3n) is 5.15. The minimum Gasteiger partial charge on any atom is -0.480 e. The minimum absolute atomic E-state index is 0.516. The van der Waals surface area contributed by atoms with E-state index in [1.807, 2.05) is 29.2 Å². The maximum Gasteiger partial charge on any atom is 0.325 e. The number of fused-ring (bicyclic) bond motifs is 1. The van der Waals surface area contributed by atoms with Crippen molar-refractivity contribution in [3.63, 3.8) is 0 Å². The maximum absolute atomic E-state index is 12.1. The Kier molecular flexibility index (Phi) is 5.43. The van der Waals surface area contributed by atoms with Gasteiger partial charge in [-0.25, -0.2) is 0 Å². The number of carboxylic acid groups (broad SMARTS) is 1. The van der Waals surface area contributed by atoms with Gasteiger partial charge in [-0.2, -0.15) is 0 Å². The molecule has 28 heavy (non-hydrogen) atoms. The number of hydrogen-bond donors (Lipinski definition) is 2. The fourth-order valence-electron chi connectivity index (χ4n) is 3.75. The van der Waals surface area contributed by atoms with Crippen molar-refractivity contribution in [1.29, 1.82) is 0 Å². The van der Waals surface area contributed by atoms with Crippen LogP contribution >= 0.6 is 34.8 Å². The Morgan fingerprint density at radius 3 is 2.43 bits per heavy atom. The van der Waals surface area contributed by atoms with Crippen LogP contribution in [-0.2, 0) is 4.79 Å². The van der Waals surface area contributed by atoms with Crippen molar-refractivity contribution < 1.29 is 9.90 Å². The van der Waals surface area contributed by atoms with Crippen LogP contribution in [0.1, 0.15) is 11.6 Å². The lowest BCUT2D eigenvalue weighted by atomic mass is 10.0. The van der Waals surface area contributed by atoms with Crippen LogP contribution in [0.3, 0.4) is 0 Å². The predicted molar refractivity (Wildman–Crippen MR) is 114 cm³/mol. The predicted octanol–water partition coefficient (Wildman–Crippen LogP) is 5.08. The second-order valence-corrected chi connectivity index (χ2v) is 8.05. The van der Waals surface area contributed by atoms with Gasteiger partial charge in [-0.1, -0.05) is 40.9 Å². The van der Waals surface area contributed by atoms with Gasteiger partial charge in [0.15, 0.2) is 0 Å². The summed E-state index contributed by atoms with van der Waals surface area (Å²) < 4.78 is 0. The molecular weight excluding hydrogens is 421 g/mol. The van der Waals surface area contributed by atoms with Gasteiger partial charge in [-0.15, -0.1) is 0 Å². The van der Waals surface area contributed by atoms with E-state index in [-0.39, 0.29) is 0 Å². The standard InChI is InChI=1S/C20H18Cl3N3O2/c21-12-1-3-14-15(11-24-18(14)9-12)19(20(27)28)26-7-5-25(6-8-26)13-2-4-16(22)17(23)10-13/h1-4,9-11,19,24H,5-8H2,(H,27,28)/t19-/m0/s1. The van der Waals surface area contributed by atoms with Gasteiger partial charge < -0.3 is 15.0 Å². The first-order valence-electron chi connectivity index (χ1n) is 8.87. The van der Waals surface area contributed by atoms with Gasteiger partial charge in [0, 0.05) is 59.6 Å². The Morgan fingerprint density at radius 2 is 1.75 bits per heavy atom. The van der Waals surface area contributed by atoms with Crippen LogP contribution in [0.15, 0.2) is 42.6 Å². The molecule has 1 fully saturated rings. The molecule has 0 radical (unpaired) electrons. The van der Waals surface area contributed by atoms with Crippen LogP contribution in [-0.4, -0.2) is 47.1 Å². The summed E-state index contributed by atoms with van der Waals surface area (Å²) in [6.45, 7) is 2.65. The smallest absolute Gasteiger partial charge is 0.325 e. The number of aromatic nitrogens is 1. The number of benzene rings is 2. The summed E-state index contributed by atoms with van der Waals surface area (Å²) in [6, 6.07) is 10.3. The zero-order valence-electron chi connectivity index (χ0n) is 14.8. The molecule has 0 spiro atoms. The Bertz CT molecular complexity index is 1030. The molecule has 0 saturated carbocycles. The molecule has 0 unspecified atom stereocenters. The van der Waals surface area contributed by atoms with Gasteiger partial charge in [-0.3, -0.25) is 9.69 Å². The van der Waals surface area contributed by atoms with E-state index in [9.17, 15) is 9.90 Å². The molecule has 8 heteroatoms. The van der Waals surface area contributed by atoms with Gasteiger partial charge in [0.1, 0.15) is 6.04 Å². The number of rotatable bonds is 4. The van der Waals surface area contributed by atoms with Crippen LogP contribution in [0.4, 0.5) is 5.69 Å². The van der Waals surface area contributed by atoms with E-state index in [1.165, 1.54) is 0 Å². The average molecular weight is 439 g/mol. The number of aromatic amines is 1. The van der Waals surface area contributed by atoms with Crippen molar-refractivity contribution in [2.45, 2.75) is 6.04 Å². The molecule has 1 aliphatic heterocycles. The molecule has 1 aliphatic rings. The molecule has 1 atom stereocenters. The first kappa shape index (κ1) is 19.4. The van der Waals surface area contributed by atoms with E-state index >= 15 is 0 Å². The van der Waals surface area contributed by atoms with Crippen LogP contribution in [0.5, 0.6) is 0 Å². The molecule has 4 rings (SSSR count). The first-order valence-corrected chi connectivity index (χ1v) is 10.0. The quantitative estimate of drug-likeness (QED) is 0.596. The van der Waals surface area contributed by atoms with E-state index in [4.69, 9.17) is 34.8 Å². The molecule has 1 aromatic heterocycles. The van der Waals surface area contributed by atoms with E-state index in [1.54, 1.807) is 18.3 Å². The topological polar surface area (TPSA) is 59.6 Å². The molecule has 2 aromatic carbocycles. The fourth-order valence-corrected chi connectivity index (χ4v) is 4.22. The highest BCUT2D eigenvalue weighted by Crippen LogP contribution is 2.32. The minimum atomic E-state index is -0.862. The number of piperazine rings is 1. The molecule has 2 N–H and O–H groups in total. The average Bonchev–Trinajstić information content (AvgIpc) is 3.07. The molecule has 0 amide bonds. The highest BCUT2D eigenvalue weighted by molar-refractivity contribution is 6.42. The number of H-pyrrole nitrogens is 1. The van der Waals surface area contributed by atoms with Crippen LogP contribution < -0.4 is 4.90 Å². The molecule has 0 bridgehead atoms. The zero-order chi connectivity index (χ0) is 19.8. The number of halogens is 3. The Labute approximate surface area is 177 Å². The maximum atomic E-state index is 12.1. The summed E-state index contributed by atoms with van der Waals surface area (Å²) in [5.41, 5.74) is 2.58. The number of carbonyl (C=O) groups is 1. The second kappa shape index (κ2) is 7.84. The van der Waals surface area contributed by atoms with E-state index in [0.29, 0.717) is 41.2 Å². The lowest BCUT2D eigenvalue weighted by molar-refractivity contribution is -0.143. The number of carboxylic acids is 1. The van der Waals surface area contributed by atoms with Crippen molar-refractivity contribution in [3.05, 3.63) is 63.2 Å². The van der Waals surface area contributed by atoms with Gasteiger partial charge in [-0.05, 0) is 30.3 Å². The Morgan fingerprint density at radius 1 is 1.00 bits per heavy atom. The van der Waals surface area contributed by atoms with Crippen molar-refractivity contribution in [1.82, 2.24) is 9.88 Å². The lowest BCUT2D eigenvalue weighted by Crippen LogP contribution is -2.49. The molecular formula is C20H18Cl3N3O2. The van der Waals surface area contributed by atoms with Crippen LogP contribution in [0, 0.1) is 0 Å². The van der Waals surface area contributed by atoms with Gasteiger partial charge in [0.05, 0.1) is 10.0 Å². The number of nitrogens with one attached hydrogen (secondary N) is 1. The molecule has 5 nitrogen and oxygen atoms in total. The van der Waals surface area contributed by atoms with Gasteiger partial charge >= 0.3 is 5.97 Å². The molecule has 1 saturated heterocycles. The summed E-state index contributed by atoms with van der Waals surface area (Å²) in [7, 11) is 0. The third-order valence-corrected chi connectivity index (χ3v) is 6.13. The molecule has 2 heterocycles. The van der Waals surface area contributed by atoms with Crippen molar-refractivity contribution in [2.75, 3.05) is 31.1 Å². The van der Waals surface area contributed by atoms with E-state index < -0.39 is 12.0 Å². The SMILES string of the molecule is O=C(O)[C@H](c1c[nH]c2cc(Cl)ccc12)N1CCN(c2ccc(Cl)c(Cl)c2)CC1. The first-order chi connectivity index (χ1) is 13.4. The van der Waals surface area contributed by atoms with Crippen LogP contribution in [0.2, 0.25) is 15.1 Å². The summed E-state index contributed by atoms with van der Waals surface area (Å²) in [5.74, 6) is -0.862. The largest absolute Gasteiger partial charge is 0.480 e. The van der Waals surface area contributed by atoms with Crippen molar-refractivity contribution in [2.24, 2.45) is 0 Å². The Hall–Kier alpha value is -1.92. The summed E-state index contributed by atoms with van der Waals surface area (Å²) in [4.78, 5) is 19.4. The summed E-state index contributed by atoms with van der Waals surface area (Å²) in [6.07, 6.45) is 1.77. The number of hydrogen-bond acceptors (Lipinski definition) is 3. The third kappa shape index (κ3) is 3.67. The monoisotopic (exact) mass is 437 g/mol. The highest BCUT2D eigenvalue weighted by Gasteiger charge is 2.32. The number of aliphatic carboxylic acids is 1. The Balaban J connectivity index is 1.55.